The second-order valence-electron chi connectivity index (χ2n) is 2.28. The van der Waals surface area contributed by atoms with Gasteiger partial charge >= 0.3 is 5.97 Å². The van der Waals surface area contributed by atoms with E-state index >= 15 is 0 Å². The molecule has 0 fully saturated rings. The number of rotatable bonds is 6. The lowest BCUT2D eigenvalue weighted by molar-refractivity contribution is -0.144. The lowest BCUT2D eigenvalue weighted by atomic mass is 10.4. The van der Waals surface area contributed by atoms with Gasteiger partial charge in [-0.05, 0) is 0 Å². The highest BCUT2D eigenvalue weighted by molar-refractivity contribution is 5.65. The zero-order valence-electron chi connectivity index (χ0n) is 7.16. The van der Waals surface area contributed by atoms with Crippen LogP contribution in [0.2, 0.25) is 0 Å². The maximum atomic E-state index is 10.3. The quantitative estimate of drug-likeness (QED) is 0.353. The fraction of sp³-hybridized carbons (Fsp3) is 0.625. The predicted octanol–water partition coefficient (Wildman–Crippen LogP) is 0.113. The summed E-state index contributed by atoms with van der Waals surface area (Å²) < 4.78 is 9.46. The monoisotopic (exact) mass is 174 g/mol. The van der Waals surface area contributed by atoms with Crippen LogP contribution in [0.25, 0.3) is 0 Å². The van der Waals surface area contributed by atoms with E-state index in [4.69, 9.17) is 9.84 Å². The molecule has 0 saturated heterocycles. The van der Waals surface area contributed by atoms with E-state index in [2.05, 4.69) is 11.3 Å². The van der Waals surface area contributed by atoms with E-state index in [0.29, 0.717) is 6.61 Å². The molecule has 0 saturated carbocycles. The molecule has 12 heavy (non-hydrogen) atoms. The molecule has 0 heterocycles. The Morgan fingerprint density at radius 3 is 2.83 bits per heavy atom. The largest absolute Gasteiger partial charge is 0.463 e. The maximum Gasteiger partial charge on any atom is 0.302 e. The van der Waals surface area contributed by atoms with Crippen LogP contribution in [0.4, 0.5) is 0 Å². The van der Waals surface area contributed by atoms with Crippen LogP contribution in [0.5, 0.6) is 0 Å². The van der Waals surface area contributed by atoms with Gasteiger partial charge in [0, 0.05) is 6.92 Å². The van der Waals surface area contributed by atoms with Crippen LogP contribution in [0.15, 0.2) is 12.7 Å². The summed E-state index contributed by atoms with van der Waals surface area (Å²) in [6.45, 7) is 5.25. The van der Waals surface area contributed by atoms with Crippen LogP contribution < -0.4 is 0 Å². The Labute approximate surface area is 71.8 Å². The normalized spacial score (nSPS) is 12.2. The highest BCUT2D eigenvalue weighted by Crippen LogP contribution is 1.88. The molecule has 1 N–H and O–H groups in total. The summed E-state index contributed by atoms with van der Waals surface area (Å²) in [5, 5.41) is 9.09. The van der Waals surface area contributed by atoms with Gasteiger partial charge in [-0.2, -0.15) is 0 Å². The van der Waals surface area contributed by atoms with Crippen molar-refractivity contribution in [2.75, 3.05) is 19.8 Å². The summed E-state index contributed by atoms with van der Waals surface area (Å²) in [6, 6.07) is 0. The summed E-state index contributed by atoms with van der Waals surface area (Å²) in [4.78, 5) is 10.3. The summed E-state index contributed by atoms with van der Waals surface area (Å²) in [7, 11) is 0. The molecular weight excluding hydrogens is 160 g/mol. The Balaban J connectivity index is 3.26. The van der Waals surface area contributed by atoms with Gasteiger partial charge in [0.2, 0.25) is 0 Å². The molecule has 0 aromatic rings. The molecule has 0 bridgehead atoms. The molecule has 0 radical (unpaired) electrons. The average molecular weight is 174 g/mol. The average Bonchev–Trinajstić information content (AvgIpc) is 2.01. The molecule has 0 rings (SSSR count). The lowest BCUT2D eigenvalue weighted by Crippen LogP contribution is -2.22. The van der Waals surface area contributed by atoms with E-state index in [1.807, 2.05) is 0 Å². The van der Waals surface area contributed by atoms with Gasteiger partial charge in [0.1, 0.15) is 12.7 Å². The number of carbonyl (C=O) groups excluding carboxylic acids is 1. The van der Waals surface area contributed by atoms with Gasteiger partial charge < -0.3 is 14.6 Å². The van der Waals surface area contributed by atoms with Gasteiger partial charge in [0.15, 0.2) is 0 Å². The SMILES string of the molecule is C=CCOC[C@H](O)COC(C)=O. The molecule has 0 aliphatic heterocycles. The van der Waals surface area contributed by atoms with Crippen molar-refractivity contribution in [1.29, 1.82) is 0 Å². The summed E-state index contributed by atoms with van der Waals surface area (Å²) in [5.41, 5.74) is 0. The molecule has 0 aromatic heterocycles. The van der Waals surface area contributed by atoms with Crippen LogP contribution >= 0.6 is 0 Å². The Kier molecular flexibility index (Phi) is 6.32. The third kappa shape index (κ3) is 7.24. The van der Waals surface area contributed by atoms with Crippen LogP contribution in [0, 0.1) is 0 Å². The van der Waals surface area contributed by atoms with E-state index in [1.165, 1.54) is 6.92 Å². The first-order valence-corrected chi connectivity index (χ1v) is 3.67. The van der Waals surface area contributed by atoms with Crippen molar-refractivity contribution in [3.63, 3.8) is 0 Å². The number of ether oxygens (including phenoxy) is 2. The number of aliphatic hydroxyl groups is 1. The lowest BCUT2D eigenvalue weighted by Gasteiger charge is -2.09. The minimum Gasteiger partial charge on any atom is -0.463 e. The molecule has 4 nitrogen and oxygen atoms in total. The Bertz CT molecular complexity index is 144. The van der Waals surface area contributed by atoms with Crippen LogP contribution in [-0.2, 0) is 14.3 Å². The first-order chi connectivity index (χ1) is 5.66. The van der Waals surface area contributed by atoms with E-state index in [1.54, 1.807) is 6.08 Å². The van der Waals surface area contributed by atoms with Gasteiger partial charge in [-0.1, -0.05) is 6.08 Å². The fourth-order valence-corrected chi connectivity index (χ4v) is 0.549. The summed E-state index contributed by atoms with van der Waals surface area (Å²) >= 11 is 0. The first-order valence-electron chi connectivity index (χ1n) is 3.67. The standard InChI is InChI=1S/C8H14O4/c1-3-4-11-5-8(10)6-12-7(2)9/h3,8,10H,1,4-6H2,2H3/t8-/m0/s1. The van der Waals surface area contributed by atoms with Crippen molar-refractivity contribution in [2.45, 2.75) is 13.0 Å². The molecule has 0 spiro atoms. The zero-order valence-corrected chi connectivity index (χ0v) is 7.16. The van der Waals surface area contributed by atoms with Crippen molar-refractivity contribution in [3.05, 3.63) is 12.7 Å². The van der Waals surface area contributed by atoms with E-state index < -0.39 is 12.1 Å². The minimum atomic E-state index is -0.756. The Morgan fingerprint density at radius 2 is 2.33 bits per heavy atom. The van der Waals surface area contributed by atoms with E-state index in [9.17, 15) is 4.79 Å². The van der Waals surface area contributed by atoms with Crippen LogP contribution in [-0.4, -0.2) is 37.0 Å². The molecule has 0 aromatic carbocycles. The molecule has 0 aliphatic carbocycles. The third-order valence-corrected chi connectivity index (χ3v) is 1.02. The number of hydrogen-bond acceptors (Lipinski definition) is 4. The number of carbonyl (C=O) groups is 1. The van der Waals surface area contributed by atoms with E-state index in [-0.39, 0.29) is 13.2 Å². The molecule has 0 unspecified atom stereocenters. The van der Waals surface area contributed by atoms with Crippen molar-refractivity contribution in [2.24, 2.45) is 0 Å². The fourth-order valence-electron chi connectivity index (χ4n) is 0.549. The highest BCUT2D eigenvalue weighted by Gasteiger charge is 2.04. The number of hydrogen-bond donors (Lipinski definition) is 1. The molecule has 0 aliphatic rings. The second kappa shape index (κ2) is 6.82. The van der Waals surface area contributed by atoms with E-state index in [0.717, 1.165) is 0 Å². The second-order valence-corrected chi connectivity index (χ2v) is 2.28. The minimum absolute atomic E-state index is 0.0214. The molecule has 4 heteroatoms. The predicted molar refractivity (Wildman–Crippen MR) is 43.7 cm³/mol. The molecular formula is C8H14O4. The van der Waals surface area contributed by atoms with Gasteiger partial charge in [-0.3, -0.25) is 4.79 Å². The molecule has 1 atom stereocenters. The Hall–Kier alpha value is -0.870. The van der Waals surface area contributed by atoms with Crippen molar-refractivity contribution < 1.29 is 19.4 Å². The van der Waals surface area contributed by atoms with Crippen molar-refractivity contribution >= 4 is 5.97 Å². The van der Waals surface area contributed by atoms with Crippen molar-refractivity contribution in [3.8, 4) is 0 Å². The number of esters is 1. The highest BCUT2D eigenvalue weighted by atomic mass is 16.5. The smallest absolute Gasteiger partial charge is 0.302 e. The maximum absolute atomic E-state index is 10.3. The van der Waals surface area contributed by atoms with Gasteiger partial charge in [-0.25, -0.2) is 0 Å². The topological polar surface area (TPSA) is 55.8 Å². The van der Waals surface area contributed by atoms with Crippen LogP contribution in [0.1, 0.15) is 6.92 Å². The third-order valence-electron chi connectivity index (χ3n) is 1.02. The zero-order chi connectivity index (χ0) is 9.40. The summed E-state index contributed by atoms with van der Waals surface area (Å²) in [6.07, 6.45) is 0.826. The van der Waals surface area contributed by atoms with Crippen molar-refractivity contribution in [1.82, 2.24) is 0 Å². The molecule has 70 valence electrons. The van der Waals surface area contributed by atoms with Gasteiger partial charge in [-0.15, -0.1) is 6.58 Å². The van der Waals surface area contributed by atoms with Crippen LogP contribution in [0.3, 0.4) is 0 Å². The number of aliphatic hydroxyl groups excluding tert-OH is 1. The Morgan fingerprint density at radius 1 is 1.67 bits per heavy atom. The van der Waals surface area contributed by atoms with Gasteiger partial charge in [0.25, 0.3) is 0 Å². The molecule has 0 amide bonds. The first kappa shape index (κ1) is 11.1. The van der Waals surface area contributed by atoms with Gasteiger partial charge in [0.05, 0.1) is 13.2 Å². The summed E-state index contributed by atoms with van der Waals surface area (Å²) in [5.74, 6) is -0.405.